The summed E-state index contributed by atoms with van der Waals surface area (Å²) in [5, 5.41) is 14.1. The Hall–Kier alpha value is -7.00. The fourth-order valence-corrected chi connectivity index (χ4v) is 7.12. The normalized spacial score (nSPS) is 12.7. The third-order valence-electron chi connectivity index (χ3n) is 9.69. The lowest BCUT2D eigenvalue weighted by Crippen LogP contribution is -2.07. The second-order valence-corrected chi connectivity index (χ2v) is 12.9. The lowest BCUT2D eigenvalue weighted by Gasteiger charge is -2.11. The molecule has 0 aliphatic heterocycles. The van der Waals surface area contributed by atoms with Gasteiger partial charge in [0.25, 0.3) is 0 Å². The summed E-state index contributed by atoms with van der Waals surface area (Å²) in [5.41, 5.74) is 17.9. The summed E-state index contributed by atoms with van der Waals surface area (Å²) in [6.45, 7) is 0. The van der Waals surface area contributed by atoms with Crippen LogP contribution in [0.25, 0.3) is 66.3 Å². The Kier molecular flexibility index (Phi) is 7.77. The fourth-order valence-electron chi connectivity index (χ4n) is 7.12. The quantitative estimate of drug-likeness (QED) is 0.172. The van der Waals surface area contributed by atoms with Crippen LogP contribution in [0.3, 0.4) is 0 Å². The average Bonchev–Trinajstić information content (AvgIpc) is 3.76. The van der Waals surface area contributed by atoms with E-state index in [0.717, 1.165) is 66.1 Å². The third kappa shape index (κ3) is 5.54. The lowest BCUT2D eigenvalue weighted by molar-refractivity contribution is 0.671. The molecule has 0 spiro atoms. The molecule has 1 atom stereocenters. The minimum absolute atomic E-state index is 0.366. The first-order valence-corrected chi connectivity index (χ1v) is 17.3. The Balaban J connectivity index is 1.16. The van der Waals surface area contributed by atoms with Crippen LogP contribution in [0.1, 0.15) is 28.3 Å². The van der Waals surface area contributed by atoms with Crippen molar-refractivity contribution < 1.29 is 4.42 Å². The van der Waals surface area contributed by atoms with Gasteiger partial charge >= 0.3 is 0 Å². The largest absolute Gasteiger partial charge is 0.454 e. The molecular weight excluding hydrogens is 637 g/mol. The number of nitrogens with zero attached hydrogens (tertiary/aromatic N) is 3. The number of aliphatic imine (C=N–C) groups is 1. The van der Waals surface area contributed by atoms with E-state index in [0.29, 0.717) is 11.3 Å². The number of benzene rings is 7. The summed E-state index contributed by atoms with van der Waals surface area (Å²) in [4.78, 5) is 4.93. The molecule has 1 unspecified atom stereocenters. The van der Waals surface area contributed by atoms with Crippen LogP contribution in [0.5, 0.6) is 0 Å². The van der Waals surface area contributed by atoms with E-state index >= 15 is 0 Å². The van der Waals surface area contributed by atoms with Gasteiger partial charge in [-0.15, -0.1) is 0 Å². The van der Waals surface area contributed by atoms with Crippen LogP contribution in [0.4, 0.5) is 0 Å². The van der Waals surface area contributed by atoms with Gasteiger partial charge in [0.05, 0.1) is 34.4 Å². The van der Waals surface area contributed by atoms with Gasteiger partial charge in [-0.2, -0.15) is 5.26 Å². The van der Waals surface area contributed by atoms with Crippen molar-refractivity contribution in [3.05, 3.63) is 192 Å². The predicted molar refractivity (Wildman–Crippen MR) is 214 cm³/mol. The Morgan fingerprint density at radius 3 is 2.23 bits per heavy atom. The minimum atomic E-state index is -0.366. The molecular formula is C47H32N4O. The van der Waals surface area contributed by atoms with Crippen molar-refractivity contribution in [1.29, 1.82) is 5.26 Å². The summed E-state index contributed by atoms with van der Waals surface area (Å²) in [5.74, 6) is 0. The van der Waals surface area contributed by atoms with Crippen LogP contribution in [0.15, 0.2) is 179 Å². The van der Waals surface area contributed by atoms with Crippen molar-refractivity contribution in [3.63, 3.8) is 0 Å². The summed E-state index contributed by atoms with van der Waals surface area (Å²) < 4.78 is 8.91. The maximum atomic E-state index is 9.57. The topological polar surface area (TPSA) is 80.2 Å². The molecule has 0 bridgehead atoms. The Morgan fingerprint density at radius 2 is 1.42 bits per heavy atom. The third-order valence-corrected chi connectivity index (χ3v) is 9.69. The number of nitriles is 1. The first kappa shape index (κ1) is 31.0. The van der Waals surface area contributed by atoms with Gasteiger partial charge in [-0.05, 0) is 76.9 Å². The van der Waals surface area contributed by atoms with Crippen molar-refractivity contribution in [2.75, 3.05) is 0 Å². The number of nitrogens with two attached hydrogens (primary N) is 1. The van der Waals surface area contributed by atoms with Gasteiger partial charge in [0.1, 0.15) is 5.58 Å². The summed E-state index contributed by atoms with van der Waals surface area (Å²) in [7, 11) is 0. The highest BCUT2D eigenvalue weighted by atomic mass is 16.3. The molecule has 2 N–H and O–H groups in total. The number of fused-ring (bicyclic) bond motifs is 7. The second kappa shape index (κ2) is 13.0. The minimum Gasteiger partial charge on any atom is -0.454 e. The van der Waals surface area contributed by atoms with Gasteiger partial charge in [-0.3, -0.25) is 4.99 Å². The SMILES string of the molecule is N#Cc1cccc(/C(=C/C(N)c2ccccc2)N=Cc2ccc(-n3c4ccc(-c5ccccc5)cc4c4ccc5c6ccccc6oc5c43)cc2)c1. The number of rotatable bonds is 7. The van der Waals surface area contributed by atoms with E-state index in [-0.39, 0.29) is 6.04 Å². The Morgan fingerprint density at radius 1 is 0.673 bits per heavy atom. The van der Waals surface area contributed by atoms with Crippen molar-refractivity contribution in [3.8, 4) is 22.9 Å². The van der Waals surface area contributed by atoms with Crippen LogP contribution < -0.4 is 5.73 Å². The van der Waals surface area contributed by atoms with Crippen LogP contribution in [-0.4, -0.2) is 10.8 Å². The van der Waals surface area contributed by atoms with Gasteiger partial charge < -0.3 is 14.7 Å². The summed E-state index contributed by atoms with van der Waals surface area (Å²) in [6.07, 6.45) is 3.79. The zero-order chi connectivity index (χ0) is 35.0. The Labute approximate surface area is 300 Å². The molecule has 0 aliphatic rings. The molecule has 2 aromatic heterocycles. The summed E-state index contributed by atoms with van der Waals surface area (Å²) in [6, 6.07) is 57.5. The number of para-hydroxylation sites is 1. The highest BCUT2D eigenvalue weighted by Crippen LogP contribution is 2.41. The highest BCUT2D eigenvalue weighted by molar-refractivity contribution is 6.21. The number of hydrogen-bond acceptors (Lipinski definition) is 4. The molecule has 9 aromatic rings. The van der Waals surface area contributed by atoms with E-state index in [9.17, 15) is 5.26 Å². The lowest BCUT2D eigenvalue weighted by atomic mass is 10.0. The standard InChI is InChI=1S/C47H32N4O/c48-29-32-10-9-15-36(26-32)43(28-42(49)34-13-5-2-6-14-34)50-30-31-18-21-37(22-19-31)51-44-25-20-35(33-11-3-1-4-12-33)27-41(44)39-23-24-40-38-16-7-8-17-45(38)52-47(40)46(39)51/h1-28,30,42H,49H2/b43-28-,50-30?. The predicted octanol–water partition coefficient (Wildman–Crippen LogP) is 11.4. The van der Waals surface area contributed by atoms with E-state index < -0.39 is 0 Å². The van der Waals surface area contributed by atoms with Crippen LogP contribution in [-0.2, 0) is 0 Å². The van der Waals surface area contributed by atoms with E-state index in [1.54, 1.807) is 6.07 Å². The molecule has 0 saturated heterocycles. The van der Waals surface area contributed by atoms with Crippen molar-refractivity contribution in [2.45, 2.75) is 6.04 Å². The molecule has 0 aliphatic carbocycles. The first-order chi connectivity index (χ1) is 25.6. The van der Waals surface area contributed by atoms with Gasteiger partial charge in [-0.1, -0.05) is 115 Å². The maximum Gasteiger partial charge on any atom is 0.160 e. The number of furan rings is 1. The molecule has 0 radical (unpaired) electrons. The molecule has 9 rings (SSSR count). The average molecular weight is 669 g/mol. The van der Waals surface area contributed by atoms with Gasteiger partial charge in [0.15, 0.2) is 5.58 Å². The van der Waals surface area contributed by atoms with E-state index in [1.807, 2.05) is 79.0 Å². The summed E-state index contributed by atoms with van der Waals surface area (Å²) >= 11 is 0. The van der Waals surface area contributed by atoms with Crippen molar-refractivity contribution in [2.24, 2.45) is 10.7 Å². The maximum absolute atomic E-state index is 9.57. The van der Waals surface area contributed by atoms with Gasteiger partial charge in [0, 0.05) is 39.0 Å². The molecule has 5 heteroatoms. The zero-order valence-corrected chi connectivity index (χ0v) is 28.1. The molecule has 0 fully saturated rings. The van der Waals surface area contributed by atoms with E-state index in [1.165, 1.54) is 11.1 Å². The van der Waals surface area contributed by atoms with Crippen LogP contribution >= 0.6 is 0 Å². The second-order valence-electron chi connectivity index (χ2n) is 12.9. The molecule has 52 heavy (non-hydrogen) atoms. The van der Waals surface area contributed by atoms with Crippen LogP contribution in [0.2, 0.25) is 0 Å². The fraction of sp³-hybridized carbons (Fsp3) is 0.0213. The van der Waals surface area contributed by atoms with Crippen LogP contribution in [0, 0.1) is 11.3 Å². The van der Waals surface area contributed by atoms with E-state index in [2.05, 4.69) is 102 Å². The molecule has 2 heterocycles. The van der Waals surface area contributed by atoms with Gasteiger partial charge in [0.2, 0.25) is 0 Å². The molecule has 5 nitrogen and oxygen atoms in total. The first-order valence-electron chi connectivity index (χ1n) is 17.3. The van der Waals surface area contributed by atoms with E-state index in [4.69, 9.17) is 15.1 Å². The number of hydrogen-bond donors (Lipinski definition) is 1. The van der Waals surface area contributed by atoms with Crippen molar-refractivity contribution >= 4 is 55.7 Å². The molecule has 246 valence electrons. The molecule has 0 amide bonds. The van der Waals surface area contributed by atoms with Gasteiger partial charge in [-0.25, -0.2) is 0 Å². The number of aromatic nitrogens is 1. The molecule has 0 saturated carbocycles. The Bertz CT molecular complexity index is 2850. The van der Waals surface area contributed by atoms with Crippen molar-refractivity contribution in [1.82, 2.24) is 4.57 Å². The zero-order valence-electron chi connectivity index (χ0n) is 28.1. The monoisotopic (exact) mass is 668 g/mol. The smallest absolute Gasteiger partial charge is 0.160 e. The molecule has 7 aromatic carbocycles. The highest BCUT2D eigenvalue weighted by Gasteiger charge is 2.19.